The third-order valence-corrected chi connectivity index (χ3v) is 3.07. The fraction of sp³-hybridized carbons (Fsp3) is 0.600. The van der Waals surface area contributed by atoms with Crippen LogP contribution in [0.5, 0.6) is 5.88 Å². The third kappa shape index (κ3) is 4.75. The van der Waals surface area contributed by atoms with E-state index >= 15 is 0 Å². The fourth-order valence-corrected chi connectivity index (χ4v) is 1.88. The predicted octanol–water partition coefficient (Wildman–Crippen LogP) is 3.86. The van der Waals surface area contributed by atoms with E-state index in [1.807, 2.05) is 6.92 Å². The van der Waals surface area contributed by atoms with Gasteiger partial charge in [-0.3, -0.25) is 0 Å². The van der Waals surface area contributed by atoms with Crippen LogP contribution >= 0.6 is 0 Å². The molecule has 0 N–H and O–H groups in total. The van der Waals surface area contributed by atoms with Gasteiger partial charge in [-0.05, 0) is 25.3 Å². The van der Waals surface area contributed by atoms with Crippen LogP contribution in [0.3, 0.4) is 0 Å². The Kier molecular flexibility index (Phi) is 6.21. The van der Waals surface area contributed by atoms with Gasteiger partial charge in [0.05, 0.1) is 18.2 Å². The monoisotopic (exact) mass is 246 g/mol. The number of pyridine rings is 1. The Balaban J connectivity index is 2.56. The van der Waals surface area contributed by atoms with Gasteiger partial charge < -0.3 is 4.74 Å². The van der Waals surface area contributed by atoms with Crippen LogP contribution in [0.15, 0.2) is 12.1 Å². The second kappa shape index (κ2) is 7.71. The van der Waals surface area contributed by atoms with Crippen molar-refractivity contribution in [2.75, 3.05) is 6.61 Å². The lowest BCUT2D eigenvalue weighted by Gasteiger charge is -2.15. The summed E-state index contributed by atoms with van der Waals surface area (Å²) >= 11 is 0. The van der Waals surface area contributed by atoms with E-state index < -0.39 is 0 Å². The topological polar surface area (TPSA) is 45.9 Å². The molecule has 1 atom stereocenters. The van der Waals surface area contributed by atoms with Crippen LogP contribution in [-0.2, 0) is 0 Å². The fourth-order valence-electron chi connectivity index (χ4n) is 1.88. The lowest BCUT2D eigenvalue weighted by atomic mass is 10.0. The molecule has 0 aliphatic carbocycles. The minimum atomic E-state index is 0.571. The van der Waals surface area contributed by atoms with Gasteiger partial charge in [0.25, 0.3) is 0 Å². The van der Waals surface area contributed by atoms with E-state index in [9.17, 15) is 0 Å². The van der Waals surface area contributed by atoms with Gasteiger partial charge in [0.2, 0.25) is 5.88 Å². The van der Waals surface area contributed by atoms with Crippen molar-refractivity contribution in [1.29, 1.82) is 5.26 Å². The first-order valence-corrected chi connectivity index (χ1v) is 6.71. The number of nitrogens with zero attached hydrogens (tertiary/aromatic N) is 2. The second-order valence-corrected chi connectivity index (χ2v) is 4.67. The SMILES string of the molecule is CCCCC(CC)COc1cc(C#N)cc(C)n1. The molecule has 0 aromatic carbocycles. The smallest absolute Gasteiger partial charge is 0.214 e. The van der Waals surface area contributed by atoms with E-state index in [1.165, 1.54) is 19.3 Å². The number of aromatic nitrogens is 1. The molecule has 3 heteroatoms. The number of rotatable bonds is 7. The zero-order valence-corrected chi connectivity index (χ0v) is 11.6. The Bertz CT molecular complexity index is 409. The maximum atomic E-state index is 8.89. The number of ether oxygens (including phenoxy) is 1. The van der Waals surface area contributed by atoms with Crippen LogP contribution in [0.4, 0.5) is 0 Å². The average Bonchev–Trinajstić information content (AvgIpc) is 2.38. The highest BCUT2D eigenvalue weighted by Crippen LogP contribution is 2.16. The minimum absolute atomic E-state index is 0.571. The molecule has 0 fully saturated rings. The zero-order valence-electron chi connectivity index (χ0n) is 11.6. The predicted molar refractivity (Wildman–Crippen MR) is 72.5 cm³/mol. The summed E-state index contributed by atoms with van der Waals surface area (Å²) in [6.07, 6.45) is 4.78. The molecule has 1 heterocycles. The van der Waals surface area contributed by atoms with E-state index in [4.69, 9.17) is 10.00 Å². The number of aryl methyl sites for hydroxylation is 1. The molecule has 3 nitrogen and oxygen atoms in total. The lowest BCUT2D eigenvalue weighted by molar-refractivity contribution is 0.225. The van der Waals surface area contributed by atoms with Gasteiger partial charge in [0.1, 0.15) is 0 Å². The molecule has 1 unspecified atom stereocenters. The van der Waals surface area contributed by atoms with E-state index in [2.05, 4.69) is 24.9 Å². The maximum Gasteiger partial charge on any atom is 0.214 e. The van der Waals surface area contributed by atoms with Crippen LogP contribution in [0, 0.1) is 24.2 Å². The molecule has 18 heavy (non-hydrogen) atoms. The molecule has 0 aliphatic rings. The molecule has 0 bridgehead atoms. The highest BCUT2D eigenvalue weighted by atomic mass is 16.5. The summed E-state index contributed by atoms with van der Waals surface area (Å²) in [5.74, 6) is 1.15. The Morgan fingerprint density at radius 3 is 2.78 bits per heavy atom. The molecule has 1 aromatic rings. The molecule has 0 radical (unpaired) electrons. The molecule has 98 valence electrons. The Morgan fingerprint density at radius 2 is 2.17 bits per heavy atom. The van der Waals surface area contributed by atoms with Crippen LogP contribution in [0.2, 0.25) is 0 Å². The van der Waals surface area contributed by atoms with Crippen molar-refractivity contribution >= 4 is 0 Å². The Morgan fingerprint density at radius 1 is 1.39 bits per heavy atom. The van der Waals surface area contributed by atoms with E-state index in [-0.39, 0.29) is 0 Å². The lowest BCUT2D eigenvalue weighted by Crippen LogP contribution is -2.12. The maximum absolute atomic E-state index is 8.89. The van der Waals surface area contributed by atoms with Crippen LogP contribution in [0.25, 0.3) is 0 Å². The number of hydrogen-bond donors (Lipinski definition) is 0. The minimum Gasteiger partial charge on any atom is -0.477 e. The van der Waals surface area contributed by atoms with Crippen molar-refractivity contribution in [3.8, 4) is 11.9 Å². The van der Waals surface area contributed by atoms with Crippen LogP contribution in [-0.4, -0.2) is 11.6 Å². The third-order valence-electron chi connectivity index (χ3n) is 3.07. The molecule has 0 saturated carbocycles. The molecule has 1 aromatic heterocycles. The van der Waals surface area contributed by atoms with E-state index in [1.54, 1.807) is 12.1 Å². The first-order valence-electron chi connectivity index (χ1n) is 6.71. The van der Waals surface area contributed by atoms with Gasteiger partial charge >= 0.3 is 0 Å². The van der Waals surface area contributed by atoms with Crippen molar-refractivity contribution in [3.63, 3.8) is 0 Å². The molecule has 1 rings (SSSR count). The molecule has 0 spiro atoms. The summed E-state index contributed by atoms with van der Waals surface area (Å²) in [4.78, 5) is 4.29. The first kappa shape index (κ1) is 14.5. The van der Waals surface area contributed by atoms with E-state index in [0.717, 1.165) is 12.1 Å². The van der Waals surface area contributed by atoms with Gasteiger partial charge in [-0.1, -0.05) is 33.1 Å². The number of nitriles is 1. The van der Waals surface area contributed by atoms with E-state index in [0.29, 0.717) is 24.0 Å². The summed E-state index contributed by atoms with van der Waals surface area (Å²) in [6.45, 7) is 6.96. The summed E-state index contributed by atoms with van der Waals surface area (Å²) in [7, 11) is 0. The first-order chi connectivity index (χ1) is 8.69. The quantitative estimate of drug-likeness (QED) is 0.734. The zero-order chi connectivity index (χ0) is 13.4. The van der Waals surface area contributed by atoms with Crippen LogP contribution < -0.4 is 4.74 Å². The van der Waals surface area contributed by atoms with Crippen molar-refractivity contribution in [2.45, 2.75) is 46.5 Å². The summed E-state index contributed by atoms with van der Waals surface area (Å²) < 4.78 is 5.72. The highest BCUT2D eigenvalue weighted by molar-refractivity contribution is 5.34. The molecule has 0 amide bonds. The number of unbranched alkanes of at least 4 members (excludes halogenated alkanes) is 1. The van der Waals surface area contributed by atoms with Gasteiger partial charge in [-0.2, -0.15) is 5.26 Å². The number of hydrogen-bond acceptors (Lipinski definition) is 3. The highest BCUT2D eigenvalue weighted by Gasteiger charge is 2.08. The standard InChI is InChI=1S/C15H22N2O/c1-4-6-7-13(5-2)11-18-15-9-14(10-16)8-12(3)17-15/h8-9,13H,4-7,11H2,1-3H3. The van der Waals surface area contributed by atoms with Crippen molar-refractivity contribution in [3.05, 3.63) is 23.4 Å². The van der Waals surface area contributed by atoms with Gasteiger partial charge in [0.15, 0.2) is 0 Å². The van der Waals surface area contributed by atoms with Gasteiger partial charge in [-0.15, -0.1) is 0 Å². The Hall–Kier alpha value is -1.56. The largest absolute Gasteiger partial charge is 0.477 e. The van der Waals surface area contributed by atoms with Crippen molar-refractivity contribution in [2.24, 2.45) is 5.92 Å². The average molecular weight is 246 g/mol. The van der Waals surface area contributed by atoms with Gasteiger partial charge in [0, 0.05) is 11.8 Å². The van der Waals surface area contributed by atoms with Gasteiger partial charge in [-0.25, -0.2) is 4.98 Å². The molecule has 0 aliphatic heterocycles. The molecule has 0 saturated heterocycles. The van der Waals surface area contributed by atoms with Crippen molar-refractivity contribution < 1.29 is 4.74 Å². The Labute approximate surface area is 110 Å². The summed E-state index contributed by atoms with van der Waals surface area (Å²) in [5, 5.41) is 8.89. The summed E-state index contributed by atoms with van der Waals surface area (Å²) in [6, 6.07) is 5.60. The second-order valence-electron chi connectivity index (χ2n) is 4.67. The normalized spacial score (nSPS) is 11.9. The summed E-state index contributed by atoms with van der Waals surface area (Å²) in [5.41, 5.74) is 1.43. The molecular weight excluding hydrogens is 224 g/mol. The van der Waals surface area contributed by atoms with Crippen molar-refractivity contribution in [1.82, 2.24) is 4.98 Å². The molecular formula is C15H22N2O. The van der Waals surface area contributed by atoms with Crippen LogP contribution in [0.1, 0.15) is 50.8 Å².